The van der Waals surface area contributed by atoms with Gasteiger partial charge in [-0.1, -0.05) is 23.5 Å². The van der Waals surface area contributed by atoms with Crippen molar-refractivity contribution in [2.24, 2.45) is 5.92 Å². The minimum Gasteiger partial charge on any atom is -0.486 e. The van der Waals surface area contributed by atoms with Gasteiger partial charge in [0.15, 0.2) is 5.78 Å². The first-order valence-electron chi connectivity index (χ1n) is 10.2. The van der Waals surface area contributed by atoms with E-state index in [0.29, 0.717) is 48.5 Å². The van der Waals surface area contributed by atoms with Crippen LogP contribution in [0.25, 0.3) is 10.2 Å². The minimum absolute atomic E-state index is 0.0152. The Hall–Kier alpha value is -2.93. The Morgan fingerprint density at radius 2 is 2.03 bits per heavy atom. The van der Waals surface area contributed by atoms with E-state index in [-0.39, 0.29) is 18.3 Å². The summed E-state index contributed by atoms with van der Waals surface area (Å²) in [7, 11) is 0. The van der Waals surface area contributed by atoms with Crippen molar-refractivity contribution >= 4 is 33.2 Å². The Labute approximate surface area is 178 Å². The van der Waals surface area contributed by atoms with Crippen LogP contribution in [0.2, 0.25) is 0 Å². The number of amides is 1. The fourth-order valence-electron chi connectivity index (χ4n) is 4.00. The molecule has 0 saturated carbocycles. The number of fused-ring (bicyclic) bond motifs is 2. The van der Waals surface area contributed by atoms with Gasteiger partial charge in [0.05, 0.1) is 16.8 Å². The number of carbonyl (C=O) groups is 2. The maximum absolute atomic E-state index is 12.9. The summed E-state index contributed by atoms with van der Waals surface area (Å²) in [5.41, 5.74) is 2.39. The van der Waals surface area contributed by atoms with Gasteiger partial charge in [-0.3, -0.25) is 9.59 Å². The number of Topliss-reactive ketones (excluding diaryl/α,β-unsaturated/α-hetero) is 1. The average molecular weight is 423 g/mol. The number of hydrogen-bond donors (Lipinski definition) is 0. The van der Waals surface area contributed by atoms with Gasteiger partial charge in [-0.2, -0.15) is 0 Å². The van der Waals surface area contributed by atoms with Crippen LogP contribution in [0.3, 0.4) is 0 Å². The van der Waals surface area contributed by atoms with E-state index in [4.69, 9.17) is 9.47 Å². The standard InChI is InChI=1S/C23H22N2O4S/c26-18-12-17-11-16(5-6-20(17)28-14-18)22(27)25-9-7-15(8-10-25)13-29-23-24-19-3-1-2-4-21(19)30-23/h1-6,11,15H,7-10,12-14H2. The van der Waals surface area contributed by atoms with Crippen LogP contribution < -0.4 is 9.47 Å². The zero-order chi connectivity index (χ0) is 20.5. The maximum atomic E-state index is 12.9. The van der Waals surface area contributed by atoms with Crippen molar-refractivity contribution in [2.45, 2.75) is 19.3 Å². The second kappa shape index (κ2) is 8.07. The van der Waals surface area contributed by atoms with Crippen LogP contribution in [0.15, 0.2) is 42.5 Å². The fourth-order valence-corrected chi connectivity index (χ4v) is 4.82. The Kier molecular flexibility index (Phi) is 5.12. The Morgan fingerprint density at radius 3 is 2.87 bits per heavy atom. The molecule has 5 rings (SSSR count). The van der Waals surface area contributed by atoms with Crippen LogP contribution in [0, 0.1) is 5.92 Å². The van der Waals surface area contributed by atoms with E-state index in [1.165, 1.54) is 0 Å². The van der Waals surface area contributed by atoms with Crippen molar-refractivity contribution in [1.82, 2.24) is 9.88 Å². The van der Waals surface area contributed by atoms with E-state index < -0.39 is 0 Å². The van der Waals surface area contributed by atoms with Crippen LogP contribution in [0.1, 0.15) is 28.8 Å². The summed E-state index contributed by atoms with van der Waals surface area (Å²) in [5.74, 6) is 1.18. The number of benzene rings is 2. The monoisotopic (exact) mass is 422 g/mol. The number of carbonyl (C=O) groups excluding carboxylic acids is 2. The van der Waals surface area contributed by atoms with Crippen molar-refractivity contribution in [3.63, 3.8) is 0 Å². The molecule has 1 aromatic heterocycles. The van der Waals surface area contributed by atoms with Gasteiger partial charge in [0.1, 0.15) is 12.4 Å². The highest BCUT2D eigenvalue weighted by Gasteiger charge is 2.26. The number of ketones is 1. The lowest BCUT2D eigenvalue weighted by molar-refractivity contribution is -0.121. The fraction of sp³-hybridized carbons (Fsp3) is 0.348. The highest BCUT2D eigenvalue weighted by molar-refractivity contribution is 7.20. The van der Waals surface area contributed by atoms with E-state index in [1.54, 1.807) is 29.5 Å². The van der Waals surface area contributed by atoms with Crippen molar-refractivity contribution in [3.8, 4) is 10.9 Å². The number of likely N-dealkylation sites (tertiary alicyclic amines) is 1. The molecule has 0 bridgehead atoms. The van der Waals surface area contributed by atoms with Gasteiger partial charge in [0, 0.05) is 30.6 Å². The van der Waals surface area contributed by atoms with Gasteiger partial charge in [0.2, 0.25) is 0 Å². The maximum Gasteiger partial charge on any atom is 0.274 e. The van der Waals surface area contributed by atoms with Gasteiger partial charge >= 0.3 is 0 Å². The molecule has 0 spiro atoms. The molecule has 154 valence electrons. The van der Waals surface area contributed by atoms with E-state index in [2.05, 4.69) is 4.98 Å². The van der Waals surface area contributed by atoms with Crippen molar-refractivity contribution in [1.29, 1.82) is 0 Å². The molecule has 2 aliphatic heterocycles. The third-order valence-electron chi connectivity index (χ3n) is 5.70. The van der Waals surface area contributed by atoms with Gasteiger partial charge < -0.3 is 14.4 Å². The summed E-state index contributed by atoms with van der Waals surface area (Å²) in [6.07, 6.45) is 2.15. The van der Waals surface area contributed by atoms with Gasteiger partial charge in [-0.05, 0) is 49.1 Å². The zero-order valence-corrected chi connectivity index (χ0v) is 17.3. The molecule has 0 unspecified atom stereocenters. The molecule has 3 aromatic rings. The third-order valence-corrected chi connectivity index (χ3v) is 6.65. The van der Waals surface area contributed by atoms with Crippen LogP contribution in [0.4, 0.5) is 0 Å². The molecule has 7 heteroatoms. The molecule has 1 saturated heterocycles. The summed E-state index contributed by atoms with van der Waals surface area (Å²) in [5, 5.41) is 0.709. The predicted octanol–water partition coefficient (Wildman–Crippen LogP) is 3.73. The number of ether oxygens (including phenoxy) is 2. The van der Waals surface area contributed by atoms with Gasteiger partial charge in [-0.25, -0.2) is 4.98 Å². The van der Waals surface area contributed by atoms with Gasteiger partial charge in [0.25, 0.3) is 11.1 Å². The molecule has 1 fully saturated rings. The molecule has 1 amide bonds. The smallest absolute Gasteiger partial charge is 0.274 e. The summed E-state index contributed by atoms with van der Waals surface area (Å²) in [4.78, 5) is 30.9. The summed E-state index contributed by atoms with van der Waals surface area (Å²) in [6, 6.07) is 13.4. The first-order valence-corrected chi connectivity index (χ1v) is 11.0. The Balaban J connectivity index is 1.16. The topological polar surface area (TPSA) is 68.7 Å². The van der Waals surface area contributed by atoms with Crippen LogP contribution in [0.5, 0.6) is 10.9 Å². The lowest BCUT2D eigenvalue weighted by Crippen LogP contribution is -2.39. The minimum atomic E-state index is 0.0152. The Bertz CT molecular complexity index is 1070. The summed E-state index contributed by atoms with van der Waals surface area (Å²) < 4.78 is 12.5. The lowest BCUT2D eigenvalue weighted by Gasteiger charge is -2.32. The first-order chi connectivity index (χ1) is 14.7. The van der Waals surface area contributed by atoms with Crippen LogP contribution in [-0.2, 0) is 11.2 Å². The number of nitrogens with zero attached hydrogens (tertiary/aromatic N) is 2. The average Bonchev–Trinajstić information content (AvgIpc) is 3.20. The van der Waals surface area contributed by atoms with Crippen molar-refractivity contribution in [2.75, 3.05) is 26.3 Å². The quantitative estimate of drug-likeness (QED) is 0.641. The molecule has 2 aliphatic rings. The largest absolute Gasteiger partial charge is 0.486 e. The number of hydrogen-bond acceptors (Lipinski definition) is 6. The summed E-state index contributed by atoms with van der Waals surface area (Å²) in [6.45, 7) is 2.16. The number of aromatic nitrogens is 1. The Morgan fingerprint density at radius 1 is 1.20 bits per heavy atom. The number of para-hydroxylation sites is 1. The molecular formula is C23H22N2O4S. The van der Waals surface area contributed by atoms with E-state index in [9.17, 15) is 9.59 Å². The normalized spacial score (nSPS) is 16.9. The number of piperidine rings is 1. The predicted molar refractivity (Wildman–Crippen MR) is 114 cm³/mol. The second-order valence-corrected chi connectivity index (χ2v) is 8.81. The molecule has 2 aromatic carbocycles. The number of thiazole rings is 1. The SMILES string of the molecule is O=C1COc2ccc(C(=O)N3CCC(COc4nc5ccccc5s4)CC3)cc2C1. The van der Waals surface area contributed by atoms with Crippen LogP contribution >= 0.6 is 11.3 Å². The van der Waals surface area contributed by atoms with E-state index in [1.807, 2.05) is 29.2 Å². The molecule has 3 heterocycles. The summed E-state index contributed by atoms with van der Waals surface area (Å²) >= 11 is 1.57. The molecule has 0 atom stereocenters. The van der Waals surface area contributed by atoms with E-state index in [0.717, 1.165) is 28.6 Å². The lowest BCUT2D eigenvalue weighted by atomic mass is 9.96. The molecule has 6 nitrogen and oxygen atoms in total. The number of rotatable bonds is 4. The van der Waals surface area contributed by atoms with Crippen molar-refractivity contribution in [3.05, 3.63) is 53.6 Å². The molecular weight excluding hydrogens is 400 g/mol. The molecule has 0 N–H and O–H groups in total. The second-order valence-electron chi connectivity index (χ2n) is 7.82. The highest BCUT2D eigenvalue weighted by atomic mass is 32.1. The molecule has 30 heavy (non-hydrogen) atoms. The molecule has 0 aliphatic carbocycles. The zero-order valence-electron chi connectivity index (χ0n) is 16.5. The highest BCUT2D eigenvalue weighted by Crippen LogP contribution is 2.29. The molecule has 0 radical (unpaired) electrons. The van der Waals surface area contributed by atoms with Crippen molar-refractivity contribution < 1.29 is 19.1 Å². The van der Waals surface area contributed by atoms with E-state index >= 15 is 0 Å². The van der Waals surface area contributed by atoms with Crippen LogP contribution in [-0.4, -0.2) is 47.9 Å². The van der Waals surface area contributed by atoms with Gasteiger partial charge in [-0.15, -0.1) is 0 Å². The first kappa shape index (κ1) is 19.1. The third kappa shape index (κ3) is 3.89.